The molecule has 1 aromatic rings. The van der Waals surface area contributed by atoms with Crippen molar-refractivity contribution in [1.82, 2.24) is 10.2 Å². The van der Waals surface area contributed by atoms with Crippen molar-refractivity contribution in [2.24, 2.45) is 11.8 Å². The molecule has 2 atom stereocenters. The lowest BCUT2D eigenvalue weighted by molar-refractivity contribution is 0.0513. The number of benzene rings is 1. The highest BCUT2D eigenvalue weighted by molar-refractivity contribution is 5.70. The number of carbonyl (C=O) groups is 2. The number of rotatable bonds is 3. The van der Waals surface area contributed by atoms with Crippen LogP contribution in [-0.4, -0.2) is 41.8 Å². The van der Waals surface area contributed by atoms with Crippen LogP contribution in [0.4, 0.5) is 9.59 Å². The van der Waals surface area contributed by atoms with Gasteiger partial charge in [0, 0.05) is 31.0 Å². The van der Waals surface area contributed by atoms with Crippen LogP contribution in [0.15, 0.2) is 30.3 Å². The summed E-state index contributed by atoms with van der Waals surface area (Å²) in [5.74, 6) is 0.614. The van der Waals surface area contributed by atoms with Gasteiger partial charge in [-0.2, -0.15) is 0 Å². The van der Waals surface area contributed by atoms with Crippen molar-refractivity contribution in [3.8, 4) is 0 Å². The van der Waals surface area contributed by atoms with E-state index in [1.54, 1.807) is 4.90 Å². The monoisotopic (exact) mass is 332 g/mol. The van der Waals surface area contributed by atoms with E-state index in [9.17, 15) is 9.59 Å². The van der Waals surface area contributed by atoms with Gasteiger partial charge in [-0.15, -0.1) is 0 Å². The summed E-state index contributed by atoms with van der Waals surface area (Å²) < 4.78 is 10.6. The minimum Gasteiger partial charge on any atom is -0.445 e. The zero-order chi connectivity index (χ0) is 17.3. The number of amides is 2. The highest BCUT2D eigenvalue weighted by atomic mass is 16.6. The van der Waals surface area contributed by atoms with E-state index >= 15 is 0 Å². The number of hydrogen-bond donors (Lipinski definition) is 1. The van der Waals surface area contributed by atoms with Crippen molar-refractivity contribution < 1.29 is 19.1 Å². The van der Waals surface area contributed by atoms with Gasteiger partial charge in [0.2, 0.25) is 0 Å². The van der Waals surface area contributed by atoms with Crippen LogP contribution in [0.25, 0.3) is 0 Å². The van der Waals surface area contributed by atoms with Crippen molar-refractivity contribution in [2.45, 2.75) is 39.0 Å². The minimum absolute atomic E-state index is 0.109. The Hall–Kier alpha value is -2.24. The van der Waals surface area contributed by atoms with Crippen LogP contribution >= 0.6 is 0 Å². The second kappa shape index (κ2) is 6.34. The zero-order valence-corrected chi connectivity index (χ0v) is 14.3. The van der Waals surface area contributed by atoms with Crippen molar-refractivity contribution in [2.75, 3.05) is 13.1 Å². The quantitative estimate of drug-likeness (QED) is 0.924. The number of nitrogens with one attached hydrogen (secondary N) is 1. The standard InChI is InChI=1S/C18H24N2O4/c1-18(2,3)24-16(21)19-15-13-9-20(10-14(13)15)17(22)23-11-12-7-5-4-6-8-12/h4-8,13-15H,9-11H2,1-3H3,(H,19,21)/t13-,14-/m0/s1. The first-order chi connectivity index (χ1) is 11.3. The SMILES string of the molecule is CC(C)(C)OC(=O)NC1[C@H]2CN(C(=O)OCc3ccccc3)C[C@H]12. The van der Waals surface area contributed by atoms with Crippen LogP contribution in [-0.2, 0) is 16.1 Å². The number of likely N-dealkylation sites (tertiary alicyclic amines) is 1. The van der Waals surface area contributed by atoms with Crippen LogP contribution in [0.1, 0.15) is 26.3 Å². The molecule has 6 nitrogen and oxygen atoms in total. The Kier molecular flexibility index (Phi) is 4.39. The van der Waals surface area contributed by atoms with Crippen LogP contribution in [0, 0.1) is 11.8 Å². The van der Waals surface area contributed by atoms with E-state index in [1.165, 1.54) is 0 Å². The van der Waals surface area contributed by atoms with Gasteiger partial charge in [-0.1, -0.05) is 30.3 Å². The van der Waals surface area contributed by atoms with Crippen molar-refractivity contribution in [3.05, 3.63) is 35.9 Å². The zero-order valence-electron chi connectivity index (χ0n) is 14.3. The lowest BCUT2D eigenvalue weighted by atomic mass is 10.2. The topological polar surface area (TPSA) is 67.9 Å². The Morgan fingerprint density at radius 3 is 2.38 bits per heavy atom. The molecule has 2 fully saturated rings. The summed E-state index contributed by atoms with van der Waals surface area (Å²) in [6.07, 6.45) is -0.679. The molecule has 24 heavy (non-hydrogen) atoms. The average molecular weight is 332 g/mol. The molecule has 0 radical (unpaired) electrons. The van der Waals surface area contributed by atoms with Gasteiger partial charge < -0.3 is 19.7 Å². The minimum atomic E-state index is -0.499. The molecule has 1 aliphatic heterocycles. The molecule has 0 bridgehead atoms. The van der Waals surface area contributed by atoms with E-state index in [1.807, 2.05) is 51.1 Å². The van der Waals surface area contributed by atoms with Gasteiger partial charge in [0.25, 0.3) is 0 Å². The van der Waals surface area contributed by atoms with E-state index in [-0.39, 0.29) is 24.8 Å². The van der Waals surface area contributed by atoms with E-state index in [0.717, 1.165) is 5.56 Å². The molecule has 0 unspecified atom stereocenters. The molecule has 130 valence electrons. The molecule has 2 amide bonds. The third kappa shape index (κ3) is 3.99. The smallest absolute Gasteiger partial charge is 0.410 e. The van der Waals surface area contributed by atoms with Crippen molar-refractivity contribution >= 4 is 12.2 Å². The first kappa shape index (κ1) is 16.6. The third-order valence-electron chi connectivity index (χ3n) is 4.34. The number of piperidine rings is 1. The molecule has 0 spiro atoms. The summed E-state index contributed by atoms with van der Waals surface area (Å²) in [6, 6.07) is 9.72. The summed E-state index contributed by atoms with van der Waals surface area (Å²) >= 11 is 0. The predicted molar refractivity (Wildman–Crippen MR) is 88.3 cm³/mol. The van der Waals surface area contributed by atoms with E-state index < -0.39 is 5.60 Å². The molecule has 1 heterocycles. The lowest BCUT2D eigenvalue weighted by Crippen LogP contribution is -2.39. The number of hydrogen-bond acceptors (Lipinski definition) is 4. The molecule has 1 aromatic carbocycles. The molecule has 3 rings (SSSR count). The predicted octanol–water partition coefficient (Wildman–Crippen LogP) is 2.78. The molecule has 1 N–H and O–H groups in total. The fourth-order valence-corrected chi connectivity index (χ4v) is 3.14. The Morgan fingerprint density at radius 1 is 1.17 bits per heavy atom. The van der Waals surface area contributed by atoms with Gasteiger partial charge >= 0.3 is 12.2 Å². The van der Waals surface area contributed by atoms with Crippen molar-refractivity contribution in [3.63, 3.8) is 0 Å². The normalized spacial score (nSPS) is 25.0. The summed E-state index contributed by atoms with van der Waals surface area (Å²) in [6.45, 7) is 7.04. The summed E-state index contributed by atoms with van der Waals surface area (Å²) in [4.78, 5) is 25.6. The first-order valence-electron chi connectivity index (χ1n) is 8.28. The number of carbonyl (C=O) groups excluding carboxylic acids is 2. The molecule has 6 heteroatoms. The lowest BCUT2D eigenvalue weighted by Gasteiger charge is -2.22. The molecule has 1 saturated heterocycles. The fraction of sp³-hybridized carbons (Fsp3) is 0.556. The molecular formula is C18H24N2O4. The number of fused-ring (bicyclic) bond motifs is 1. The van der Waals surface area contributed by atoms with Gasteiger partial charge in [0.15, 0.2) is 0 Å². The maximum atomic E-state index is 12.1. The van der Waals surface area contributed by atoms with Crippen molar-refractivity contribution in [1.29, 1.82) is 0 Å². The summed E-state index contributed by atoms with van der Waals surface area (Å²) in [5, 5.41) is 2.89. The summed E-state index contributed by atoms with van der Waals surface area (Å²) in [7, 11) is 0. The fourth-order valence-electron chi connectivity index (χ4n) is 3.14. The maximum Gasteiger partial charge on any atom is 0.410 e. The van der Waals surface area contributed by atoms with Gasteiger partial charge in [-0.25, -0.2) is 9.59 Å². The highest BCUT2D eigenvalue weighted by Gasteiger charge is 2.58. The van der Waals surface area contributed by atoms with Gasteiger partial charge in [-0.05, 0) is 26.3 Å². The first-order valence-corrected chi connectivity index (χ1v) is 8.28. The van der Waals surface area contributed by atoms with E-state index in [2.05, 4.69) is 5.32 Å². The third-order valence-corrected chi connectivity index (χ3v) is 4.34. The number of nitrogens with zero attached hydrogens (tertiary/aromatic N) is 1. The Labute approximate surface area is 142 Å². The molecular weight excluding hydrogens is 308 g/mol. The van der Waals surface area contributed by atoms with Crippen LogP contribution in [0.5, 0.6) is 0 Å². The largest absolute Gasteiger partial charge is 0.445 e. The number of alkyl carbamates (subject to hydrolysis) is 1. The molecule has 1 saturated carbocycles. The van der Waals surface area contributed by atoms with Gasteiger partial charge in [0.1, 0.15) is 12.2 Å². The molecule has 1 aliphatic carbocycles. The van der Waals surface area contributed by atoms with E-state index in [4.69, 9.17) is 9.47 Å². The average Bonchev–Trinajstić information content (AvgIpc) is 2.95. The Bertz CT molecular complexity index is 599. The number of ether oxygens (including phenoxy) is 2. The molecule has 2 aliphatic rings. The maximum absolute atomic E-state index is 12.1. The Morgan fingerprint density at radius 2 is 1.79 bits per heavy atom. The summed E-state index contributed by atoms with van der Waals surface area (Å²) in [5.41, 5.74) is 0.473. The van der Waals surface area contributed by atoms with E-state index in [0.29, 0.717) is 24.9 Å². The molecule has 0 aromatic heterocycles. The second-order valence-electron chi connectivity index (χ2n) is 7.44. The van der Waals surface area contributed by atoms with Crippen LogP contribution in [0.3, 0.4) is 0 Å². The van der Waals surface area contributed by atoms with Gasteiger partial charge in [-0.3, -0.25) is 0 Å². The second-order valence-corrected chi connectivity index (χ2v) is 7.44. The van der Waals surface area contributed by atoms with Crippen LogP contribution < -0.4 is 5.32 Å². The highest BCUT2D eigenvalue weighted by Crippen LogP contribution is 2.45. The van der Waals surface area contributed by atoms with Gasteiger partial charge in [0.05, 0.1) is 0 Å². The van der Waals surface area contributed by atoms with Crippen LogP contribution in [0.2, 0.25) is 0 Å². The Balaban J connectivity index is 1.39.